The van der Waals surface area contributed by atoms with Crippen molar-refractivity contribution >= 4 is 23.9 Å². The van der Waals surface area contributed by atoms with Crippen molar-refractivity contribution in [2.75, 3.05) is 12.4 Å². The second-order valence-corrected chi connectivity index (χ2v) is 7.98. The number of nitrogens with one attached hydrogen (secondary N) is 1. The third-order valence-corrected chi connectivity index (χ3v) is 5.63. The van der Waals surface area contributed by atoms with Gasteiger partial charge in [0.1, 0.15) is 11.6 Å². The van der Waals surface area contributed by atoms with Gasteiger partial charge in [0.25, 0.3) is 5.91 Å². The van der Waals surface area contributed by atoms with Gasteiger partial charge in [-0.05, 0) is 37.3 Å². The number of aromatic nitrogens is 3. The molecule has 172 valence electrons. The van der Waals surface area contributed by atoms with Crippen LogP contribution in [0, 0.1) is 5.82 Å². The van der Waals surface area contributed by atoms with Crippen molar-refractivity contribution in [2.45, 2.75) is 12.1 Å². The molecule has 0 unspecified atom stereocenters. The third kappa shape index (κ3) is 5.68. The molecule has 0 aliphatic heterocycles. The van der Waals surface area contributed by atoms with Gasteiger partial charge in [-0.25, -0.2) is 9.82 Å². The largest absolute Gasteiger partial charge is 0.494 e. The molecule has 9 heteroatoms. The minimum Gasteiger partial charge on any atom is -0.494 e. The number of amides is 1. The van der Waals surface area contributed by atoms with E-state index in [-0.39, 0.29) is 17.2 Å². The van der Waals surface area contributed by atoms with Gasteiger partial charge in [0.05, 0.1) is 18.6 Å². The fourth-order valence-corrected chi connectivity index (χ4v) is 3.89. The van der Waals surface area contributed by atoms with Gasteiger partial charge < -0.3 is 4.74 Å². The van der Waals surface area contributed by atoms with Gasteiger partial charge in [0, 0.05) is 16.8 Å². The molecule has 1 N–H and O–H groups in total. The van der Waals surface area contributed by atoms with E-state index in [1.165, 1.54) is 24.0 Å². The molecule has 4 aromatic rings. The van der Waals surface area contributed by atoms with E-state index in [9.17, 15) is 9.18 Å². The number of thioether (sulfide) groups is 1. The molecular weight excluding hydrogens is 453 g/mol. The number of halogens is 1. The molecule has 0 saturated carbocycles. The van der Waals surface area contributed by atoms with Crippen molar-refractivity contribution in [2.24, 2.45) is 5.10 Å². The van der Waals surface area contributed by atoms with Crippen LogP contribution in [0.3, 0.4) is 0 Å². The van der Waals surface area contributed by atoms with Crippen LogP contribution in [-0.2, 0) is 4.79 Å². The normalized spacial score (nSPS) is 11.0. The van der Waals surface area contributed by atoms with Crippen LogP contribution in [0.5, 0.6) is 5.75 Å². The van der Waals surface area contributed by atoms with Crippen LogP contribution in [0.4, 0.5) is 4.39 Å². The third-order valence-electron chi connectivity index (χ3n) is 4.70. The van der Waals surface area contributed by atoms with Crippen molar-refractivity contribution in [3.63, 3.8) is 0 Å². The fraction of sp³-hybridized carbons (Fsp3) is 0.120. The molecule has 0 atom stereocenters. The Morgan fingerprint density at radius 1 is 1.06 bits per heavy atom. The van der Waals surface area contributed by atoms with E-state index >= 15 is 0 Å². The molecule has 3 aromatic carbocycles. The first-order chi connectivity index (χ1) is 16.7. The Morgan fingerprint density at radius 3 is 2.53 bits per heavy atom. The van der Waals surface area contributed by atoms with Crippen molar-refractivity contribution in [1.29, 1.82) is 0 Å². The summed E-state index contributed by atoms with van der Waals surface area (Å²) in [6, 6.07) is 23.5. The molecule has 1 amide bonds. The monoisotopic (exact) mass is 475 g/mol. The minimum atomic E-state index is -0.410. The van der Waals surface area contributed by atoms with E-state index in [0.717, 1.165) is 17.0 Å². The number of benzene rings is 3. The first kappa shape index (κ1) is 23.2. The van der Waals surface area contributed by atoms with E-state index in [2.05, 4.69) is 20.7 Å². The van der Waals surface area contributed by atoms with Gasteiger partial charge in [-0.1, -0.05) is 60.3 Å². The summed E-state index contributed by atoms with van der Waals surface area (Å²) >= 11 is 1.23. The summed E-state index contributed by atoms with van der Waals surface area (Å²) in [5.74, 6) is 0.720. The van der Waals surface area contributed by atoms with E-state index in [0.29, 0.717) is 17.6 Å². The van der Waals surface area contributed by atoms with Gasteiger partial charge in [-0.2, -0.15) is 5.10 Å². The van der Waals surface area contributed by atoms with Crippen LogP contribution in [0.25, 0.3) is 17.1 Å². The number of ether oxygens (including phenoxy) is 1. The predicted molar refractivity (Wildman–Crippen MR) is 131 cm³/mol. The zero-order valence-corrected chi connectivity index (χ0v) is 19.2. The number of hydrogen-bond acceptors (Lipinski definition) is 6. The topological polar surface area (TPSA) is 81.4 Å². The lowest BCUT2D eigenvalue weighted by atomic mass is 10.2. The molecule has 4 rings (SSSR count). The van der Waals surface area contributed by atoms with E-state index in [1.54, 1.807) is 18.2 Å². The molecule has 0 saturated heterocycles. The number of hydrogen-bond donors (Lipinski definition) is 1. The van der Waals surface area contributed by atoms with Crippen molar-refractivity contribution in [3.05, 3.63) is 90.2 Å². The van der Waals surface area contributed by atoms with E-state index in [1.807, 2.05) is 66.1 Å². The lowest BCUT2D eigenvalue weighted by Crippen LogP contribution is -2.20. The fourth-order valence-electron chi connectivity index (χ4n) is 3.14. The lowest BCUT2D eigenvalue weighted by molar-refractivity contribution is -0.118. The summed E-state index contributed by atoms with van der Waals surface area (Å²) in [5.41, 5.74) is 4.45. The first-order valence-corrected chi connectivity index (χ1v) is 11.6. The summed E-state index contributed by atoms with van der Waals surface area (Å²) in [6.45, 7) is 2.51. The average Bonchev–Trinajstić information content (AvgIpc) is 3.29. The SMILES string of the molecule is CCOc1ccc(-n2c(SCC(=O)N/N=C\c3ccccc3F)nnc2-c2ccccc2)cc1. The van der Waals surface area contributed by atoms with Gasteiger partial charge in [0.15, 0.2) is 11.0 Å². The van der Waals surface area contributed by atoms with Gasteiger partial charge in [0.2, 0.25) is 0 Å². The highest BCUT2D eigenvalue weighted by atomic mass is 32.2. The van der Waals surface area contributed by atoms with Crippen LogP contribution in [0.15, 0.2) is 89.1 Å². The summed E-state index contributed by atoms with van der Waals surface area (Å²) in [6.07, 6.45) is 1.27. The first-order valence-electron chi connectivity index (χ1n) is 10.6. The summed E-state index contributed by atoms with van der Waals surface area (Å²) in [5, 5.41) is 13.1. The molecular formula is C25H22FN5O2S. The number of carbonyl (C=O) groups is 1. The van der Waals surface area contributed by atoms with Gasteiger partial charge in [-0.15, -0.1) is 10.2 Å². The molecule has 0 radical (unpaired) electrons. The average molecular weight is 476 g/mol. The molecule has 0 bridgehead atoms. The smallest absolute Gasteiger partial charge is 0.250 e. The number of rotatable bonds is 9. The molecule has 34 heavy (non-hydrogen) atoms. The zero-order chi connectivity index (χ0) is 23.8. The molecule has 1 heterocycles. The Balaban J connectivity index is 1.51. The minimum absolute atomic E-state index is 0.0541. The molecule has 0 fully saturated rings. The maximum Gasteiger partial charge on any atom is 0.250 e. The van der Waals surface area contributed by atoms with Crippen LogP contribution >= 0.6 is 11.8 Å². The molecule has 0 aliphatic carbocycles. The van der Waals surface area contributed by atoms with Crippen molar-refractivity contribution < 1.29 is 13.9 Å². The Kier molecular flexibility index (Phi) is 7.67. The highest BCUT2D eigenvalue weighted by molar-refractivity contribution is 7.99. The maximum atomic E-state index is 13.7. The van der Waals surface area contributed by atoms with Crippen molar-refractivity contribution in [3.8, 4) is 22.8 Å². The summed E-state index contributed by atoms with van der Waals surface area (Å²) < 4.78 is 21.1. The number of carbonyl (C=O) groups excluding carboxylic acids is 1. The summed E-state index contributed by atoms with van der Waals surface area (Å²) in [4.78, 5) is 12.3. The molecule has 1 aromatic heterocycles. The highest BCUT2D eigenvalue weighted by Crippen LogP contribution is 2.28. The standard InChI is InChI=1S/C25H22FN5O2S/c1-2-33-21-14-12-20(13-15-21)31-24(18-8-4-3-5-9-18)29-30-25(31)34-17-23(32)28-27-16-19-10-6-7-11-22(19)26/h3-16H,2,17H2,1H3,(H,28,32)/b27-16-. The van der Waals surface area contributed by atoms with E-state index < -0.39 is 5.82 Å². The number of nitrogens with zero attached hydrogens (tertiary/aromatic N) is 4. The number of hydrazone groups is 1. The van der Waals surface area contributed by atoms with Gasteiger partial charge in [-0.3, -0.25) is 9.36 Å². The van der Waals surface area contributed by atoms with Crippen LogP contribution < -0.4 is 10.2 Å². The highest BCUT2D eigenvalue weighted by Gasteiger charge is 2.17. The zero-order valence-electron chi connectivity index (χ0n) is 18.4. The summed E-state index contributed by atoms with van der Waals surface area (Å²) in [7, 11) is 0. The second kappa shape index (κ2) is 11.2. The Morgan fingerprint density at radius 2 is 1.79 bits per heavy atom. The van der Waals surface area contributed by atoms with Crippen LogP contribution in [-0.4, -0.2) is 39.2 Å². The Labute approximate surface area is 200 Å². The maximum absolute atomic E-state index is 13.7. The quantitative estimate of drug-likeness (QED) is 0.215. The van der Waals surface area contributed by atoms with Crippen molar-refractivity contribution in [1.82, 2.24) is 20.2 Å². The Bertz CT molecular complexity index is 1280. The Hall–Kier alpha value is -3.98. The molecule has 7 nitrogen and oxygen atoms in total. The van der Waals surface area contributed by atoms with E-state index in [4.69, 9.17) is 4.74 Å². The van der Waals surface area contributed by atoms with Crippen LogP contribution in [0.1, 0.15) is 12.5 Å². The lowest BCUT2D eigenvalue weighted by Gasteiger charge is -2.11. The second-order valence-electron chi connectivity index (χ2n) is 7.04. The predicted octanol–water partition coefficient (Wildman–Crippen LogP) is 4.71. The van der Waals surface area contributed by atoms with Gasteiger partial charge >= 0.3 is 0 Å². The molecule has 0 spiro atoms. The molecule has 0 aliphatic rings. The van der Waals surface area contributed by atoms with Crippen LogP contribution in [0.2, 0.25) is 0 Å².